The van der Waals surface area contributed by atoms with E-state index in [1.165, 1.54) is 64.2 Å². The number of hydrogen-bond donors (Lipinski definition) is 1. The van der Waals surface area contributed by atoms with E-state index in [2.05, 4.69) is 26.0 Å². The third-order valence-electron chi connectivity index (χ3n) is 4.81. The van der Waals surface area contributed by atoms with Crippen molar-refractivity contribution in [3.63, 3.8) is 0 Å². The molecule has 1 atom stereocenters. The summed E-state index contributed by atoms with van der Waals surface area (Å²) in [6, 6.07) is 0. The number of ether oxygens (including phenoxy) is 1. The van der Waals surface area contributed by atoms with E-state index in [0.29, 0.717) is 12.5 Å². The minimum atomic E-state index is -0.672. The first-order chi connectivity index (χ1) is 12.7. The zero-order chi connectivity index (χ0) is 19.3. The third-order valence-corrected chi connectivity index (χ3v) is 4.81. The van der Waals surface area contributed by atoms with Crippen LogP contribution in [0.5, 0.6) is 0 Å². The second kappa shape index (κ2) is 20.5. The molecule has 26 heavy (non-hydrogen) atoms. The maximum Gasteiger partial charge on any atom is 0.303 e. The Bertz CT molecular complexity index is 313. The molecule has 154 valence electrons. The Hall–Kier alpha value is -0.830. The number of hydrogen-bond acceptors (Lipinski definition) is 2. The number of carboxylic acid groups (broad SMARTS) is 1. The Morgan fingerprint density at radius 1 is 0.846 bits per heavy atom. The number of rotatable bonds is 20. The van der Waals surface area contributed by atoms with E-state index >= 15 is 0 Å². The van der Waals surface area contributed by atoms with Crippen LogP contribution >= 0.6 is 0 Å². The predicted molar refractivity (Wildman–Crippen MR) is 112 cm³/mol. The standard InChI is InChI=1S/C23H44O3/c1-3-5-7-14-18-22(26-21-17-6-4-2)19-15-12-10-8-9-11-13-16-20-23(24)25/h12,15,22H,3-11,13-14,16-21H2,1-2H3,(H,24,25). The molecule has 0 aliphatic heterocycles. The van der Waals surface area contributed by atoms with Crippen LogP contribution in [0.15, 0.2) is 12.2 Å². The topological polar surface area (TPSA) is 46.5 Å². The van der Waals surface area contributed by atoms with Crippen LogP contribution in [0.4, 0.5) is 0 Å². The van der Waals surface area contributed by atoms with E-state index in [-0.39, 0.29) is 0 Å². The molecule has 0 aromatic rings. The van der Waals surface area contributed by atoms with E-state index in [0.717, 1.165) is 38.7 Å². The number of allylic oxidation sites excluding steroid dienone is 1. The molecule has 0 saturated carbocycles. The maximum absolute atomic E-state index is 10.4. The van der Waals surface area contributed by atoms with Gasteiger partial charge in [-0.25, -0.2) is 0 Å². The van der Waals surface area contributed by atoms with Crippen LogP contribution in [0.2, 0.25) is 0 Å². The highest BCUT2D eigenvalue weighted by Gasteiger charge is 2.07. The van der Waals surface area contributed by atoms with Gasteiger partial charge in [0, 0.05) is 13.0 Å². The molecule has 0 aromatic heterocycles. The van der Waals surface area contributed by atoms with Crippen molar-refractivity contribution >= 4 is 5.97 Å². The molecule has 0 bridgehead atoms. The number of aliphatic carboxylic acids is 1. The third kappa shape index (κ3) is 19.5. The lowest BCUT2D eigenvalue weighted by molar-refractivity contribution is -0.137. The summed E-state index contributed by atoms with van der Waals surface area (Å²) in [4.78, 5) is 10.4. The van der Waals surface area contributed by atoms with Crippen LogP contribution < -0.4 is 0 Å². The second-order valence-corrected chi connectivity index (χ2v) is 7.46. The zero-order valence-electron chi connectivity index (χ0n) is 17.5. The first-order valence-electron chi connectivity index (χ1n) is 11.2. The fourth-order valence-electron chi connectivity index (χ4n) is 3.10. The highest BCUT2D eigenvalue weighted by molar-refractivity contribution is 5.66. The molecule has 0 rings (SSSR count). The Labute approximate surface area is 162 Å². The number of unbranched alkanes of at least 4 members (excludes halogenated alkanes) is 10. The molecule has 0 spiro atoms. The lowest BCUT2D eigenvalue weighted by atomic mass is 10.1. The van der Waals surface area contributed by atoms with E-state index in [1.54, 1.807) is 0 Å². The minimum Gasteiger partial charge on any atom is -0.481 e. The summed E-state index contributed by atoms with van der Waals surface area (Å²) >= 11 is 0. The highest BCUT2D eigenvalue weighted by Crippen LogP contribution is 2.14. The summed E-state index contributed by atoms with van der Waals surface area (Å²) < 4.78 is 6.12. The van der Waals surface area contributed by atoms with Gasteiger partial charge in [0.05, 0.1) is 6.10 Å². The van der Waals surface area contributed by atoms with E-state index in [1.807, 2.05) is 0 Å². The fourth-order valence-corrected chi connectivity index (χ4v) is 3.10. The molecule has 0 fully saturated rings. The molecule has 0 amide bonds. The van der Waals surface area contributed by atoms with Gasteiger partial charge in [0.15, 0.2) is 0 Å². The van der Waals surface area contributed by atoms with E-state index in [9.17, 15) is 4.79 Å². The van der Waals surface area contributed by atoms with Crippen molar-refractivity contribution in [1.82, 2.24) is 0 Å². The monoisotopic (exact) mass is 368 g/mol. The molecular weight excluding hydrogens is 324 g/mol. The first-order valence-corrected chi connectivity index (χ1v) is 11.2. The Kier molecular flexibility index (Phi) is 19.8. The molecule has 0 saturated heterocycles. The Morgan fingerprint density at radius 3 is 2.23 bits per heavy atom. The summed E-state index contributed by atoms with van der Waals surface area (Å²) in [6.45, 7) is 5.40. The van der Waals surface area contributed by atoms with Crippen LogP contribution in [-0.4, -0.2) is 23.8 Å². The Balaban J connectivity index is 3.75. The van der Waals surface area contributed by atoms with Crippen LogP contribution in [0.1, 0.15) is 117 Å². The number of carbonyl (C=O) groups is 1. The SMILES string of the molecule is CCCCCCC(CC=CCCCCCCCC(=O)O)OCCCCC. The van der Waals surface area contributed by atoms with Crippen molar-refractivity contribution in [3.8, 4) is 0 Å². The van der Waals surface area contributed by atoms with Gasteiger partial charge in [0.2, 0.25) is 0 Å². The maximum atomic E-state index is 10.4. The fraction of sp³-hybridized carbons (Fsp3) is 0.870. The van der Waals surface area contributed by atoms with Crippen molar-refractivity contribution in [1.29, 1.82) is 0 Å². The summed E-state index contributed by atoms with van der Waals surface area (Å²) in [5.41, 5.74) is 0. The van der Waals surface area contributed by atoms with Crippen molar-refractivity contribution in [3.05, 3.63) is 12.2 Å². The molecule has 0 radical (unpaired) electrons. The molecule has 1 unspecified atom stereocenters. The summed E-state index contributed by atoms with van der Waals surface area (Å²) in [7, 11) is 0. The van der Waals surface area contributed by atoms with Gasteiger partial charge < -0.3 is 9.84 Å². The average Bonchev–Trinajstić information content (AvgIpc) is 2.62. The summed E-state index contributed by atoms with van der Waals surface area (Å²) in [6.07, 6.45) is 23.1. The van der Waals surface area contributed by atoms with Gasteiger partial charge in [-0.05, 0) is 38.5 Å². The van der Waals surface area contributed by atoms with Crippen LogP contribution in [0, 0.1) is 0 Å². The normalized spacial score (nSPS) is 12.7. The molecular formula is C23H44O3. The quantitative estimate of drug-likeness (QED) is 0.181. The van der Waals surface area contributed by atoms with Crippen molar-refractivity contribution in [2.24, 2.45) is 0 Å². The zero-order valence-corrected chi connectivity index (χ0v) is 17.5. The van der Waals surface area contributed by atoms with Gasteiger partial charge >= 0.3 is 5.97 Å². The van der Waals surface area contributed by atoms with Gasteiger partial charge in [0.1, 0.15) is 0 Å². The van der Waals surface area contributed by atoms with Crippen molar-refractivity contribution in [2.45, 2.75) is 123 Å². The smallest absolute Gasteiger partial charge is 0.303 e. The van der Waals surface area contributed by atoms with E-state index in [4.69, 9.17) is 9.84 Å². The molecule has 3 nitrogen and oxygen atoms in total. The van der Waals surface area contributed by atoms with Gasteiger partial charge in [0.25, 0.3) is 0 Å². The van der Waals surface area contributed by atoms with E-state index < -0.39 is 5.97 Å². The van der Waals surface area contributed by atoms with Gasteiger partial charge in [-0.2, -0.15) is 0 Å². The van der Waals surface area contributed by atoms with Crippen LogP contribution in [0.25, 0.3) is 0 Å². The van der Waals surface area contributed by atoms with Gasteiger partial charge in [-0.1, -0.05) is 83.8 Å². The summed E-state index contributed by atoms with van der Waals surface area (Å²) in [5.74, 6) is -0.672. The van der Waals surface area contributed by atoms with Gasteiger partial charge in [-0.3, -0.25) is 4.79 Å². The molecule has 0 aliphatic rings. The highest BCUT2D eigenvalue weighted by atomic mass is 16.5. The predicted octanol–water partition coefficient (Wildman–Crippen LogP) is 7.29. The lowest BCUT2D eigenvalue weighted by Crippen LogP contribution is -2.13. The van der Waals surface area contributed by atoms with Crippen molar-refractivity contribution < 1.29 is 14.6 Å². The Morgan fingerprint density at radius 2 is 1.50 bits per heavy atom. The molecule has 0 heterocycles. The lowest BCUT2D eigenvalue weighted by Gasteiger charge is -2.16. The molecule has 0 aromatic carbocycles. The molecule has 1 N–H and O–H groups in total. The number of carboxylic acids is 1. The summed E-state index contributed by atoms with van der Waals surface area (Å²) in [5, 5.41) is 8.60. The largest absolute Gasteiger partial charge is 0.481 e. The molecule has 0 aliphatic carbocycles. The van der Waals surface area contributed by atoms with Gasteiger partial charge in [-0.15, -0.1) is 0 Å². The van der Waals surface area contributed by atoms with Crippen LogP contribution in [0.3, 0.4) is 0 Å². The van der Waals surface area contributed by atoms with Crippen LogP contribution in [-0.2, 0) is 9.53 Å². The van der Waals surface area contributed by atoms with Crippen molar-refractivity contribution in [2.75, 3.05) is 6.61 Å². The average molecular weight is 369 g/mol. The minimum absolute atomic E-state index is 0.317. The molecule has 3 heteroatoms. The second-order valence-electron chi connectivity index (χ2n) is 7.46. The first kappa shape index (κ1) is 25.2.